The molecule has 174 valence electrons. The van der Waals surface area contributed by atoms with Crippen molar-refractivity contribution in [3.8, 4) is 17.2 Å². The summed E-state index contributed by atoms with van der Waals surface area (Å²) in [7, 11) is 3.27. The van der Waals surface area contributed by atoms with E-state index in [1.807, 2.05) is 45.6 Å². The van der Waals surface area contributed by atoms with Crippen LogP contribution in [0.4, 0.5) is 0 Å². The van der Waals surface area contributed by atoms with Gasteiger partial charge in [0.15, 0.2) is 17.3 Å². The fourth-order valence-electron chi connectivity index (χ4n) is 4.17. The summed E-state index contributed by atoms with van der Waals surface area (Å²) < 4.78 is 14.6. The topological polar surface area (TPSA) is 79.4 Å². The first kappa shape index (κ1) is 22.1. The van der Waals surface area contributed by atoms with E-state index >= 15 is 0 Å². The van der Waals surface area contributed by atoms with E-state index in [0.717, 1.165) is 45.6 Å². The molecule has 3 aromatic heterocycles. The number of nitrogens with zero attached hydrogens (tertiary/aromatic N) is 6. The average molecular weight is 475 g/mol. The van der Waals surface area contributed by atoms with Crippen molar-refractivity contribution in [3.05, 3.63) is 81.9 Å². The van der Waals surface area contributed by atoms with Crippen molar-refractivity contribution in [1.82, 2.24) is 29.6 Å². The van der Waals surface area contributed by atoms with E-state index in [4.69, 9.17) is 19.7 Å². The van der Waals surface area contributed by atoms with Crippen LogP contribution in [0.1, 0.15) is 33.3 Å². The first-order valence-electron chi connectivity index (χ1n) is 11.1. The first-order valence-corrected chi connectivity index (χ1v) is 11.9. The number of fused-ring (bicyclic) bond motifs is 1. The lowest BCUT2D eigenvalue weighted by molar-refractivity contribution is 0.354. The van der Waals surface area contributed by atoms with Gasteiger partial charge < -0.3 is 9.47 Å². The molecule has 0 aliphatic carbocycles. The Kier molecular flexibility index (Phi) is 6.02. The van der Waals surface area contributed by atoms with Crippen molar-refractivity contribution in [3.63, 3.8) is 0 Å². The summed E-state index contributed by atoms with van der Waals surface area (Å²) in [5, 5.41) is 19.3. The molecular formula is C25H26N6O2S. The second-order valence-corrected chi connectivity index (χ2v) is 9.11. The summed E-state index contributed by atoms with van der Waals surface area (Å²) in [6.45, 7) is 4.20. The fraction of sp³-hybridized carbons (Fsp3) is 0.280. The van der Waals surface area contributed by atoms with Crippen molar-refractivity contribution in [2.75, 3.05) is 14.2 Å². The minimum atomic E-state index is 0.604. The van der Waals surface area contributed by atoms with Gasteiger partial charge in [0.2, 0.25) is 4.96 Å². The van der Waals surface area contributed by atoms with E-state index in [-0.39, 0.29) is 0 Å². The van der Waals surface area contributed by atoms with Crippen molar-refractivity contribution in [2.45, 2.75) is 33.1 Å². The zero-order chi connectivity index (χ0) is 23.7. The number of ether oxygens (including phenoxy) is 2. The molecule has 0 aliphatic heterocycles. The lowest BCUT2D eigenvalue weighted by Gasteiger charge is -2.08. The quantitative estimate of drug-likeness (QED) is 0.332. The van der Waals surface area contributed by atoms with E-state index in [1.165, 1.54) is 11.3 Å². The zero-order valence-electron chi connectivity index (χ0n) is 19.6. The van der Waals surface area contributed by atoms with Crippen molar-refractivity contribution in [1.29, 1.82) is 0 Å². The van der Waals surface area contributed by atoms with E-state index < -0.39 is 0 Å². The van der Waals surface area contributed by atoms with E-state index in [0.29, 0.717) is 17.9 Å². The van der Waals surface area contributed by atoms with E-state index in [1.54, 1.807) is 25.6 Å². The third kappa shape index (κ3) is 4.14. The van der Waals surface area contributed by atoms with Crippen LogP contribution in [0.2, 0.25) is 0 Å². The minimum absolute atomic E-state index is 0.604. The van der Waals surface area contributed by atoms with Gasteiger partial charge in [-0.3, -0.25) is 0 Å². The van der Waals surface area contributed by atoms with Crippen LogP contribution < -0.4 is 9.47 Å². The van der Waals surface area contributed by atoms with Crippen LogP contribution in [-0.2, 0) is 19.3 Å². The van der Waals surface area contributed by atoms with Crippen LogP contribution in [0.15, 0.2) is 48.5 Å². The predicted molar refractivity (Wildman–Crippen MR) is 131 cm³/mol. The number of rotatable bonds is 8. The lowest BCUT2D eigenvalue weighted by Crippen LogP contribution is -2.01. The monoisotopic (exact) mass is 474 g/mol. The second-order valence-electron chi connectivity index (χ2n) is 8.07. The number of methoxy groups -OCH3 is 2. The molecule has 2 aromatic carbocycles. The summed E-state index contributed by atoms with van der Waals surface area (Å²) >= 11 is 1.58. The normalized spacial score (nSPS) is 11.3. The van der Waals surface area contributed by atoms with Gasteiger partial charge in [0.25, 0.3) is 0 Å². The maximum atomic E-state index is 5.42. The van der Waals surface area contributed by atoms with Crippen LogP contribution in [0.3, 0.4) is 0 Å². The van der Waals surface area contributed by atoms with Gasteiger partial charge in [0.05, 0.1) is 25.6 Å². The largest absolute Gasteiger partial charge is 0.493 e. The molecule has 0 atom stereocenters. The first-order chi connectivity index (χ1) is 16.6. The van der Waals surface area contributed by atoms with Gasteiger partial charge in [0, 0.05) is 18.5 Å². The standard InChI is InChI=1S/C25H26N6O2S/c1-16-20(17(2)30(28-16)19-8-6-5-7-9-19)11-13-24-29-31-23(26-27-25(31)34-24)15-18-10-12-21(32-3)22(14-18)33-4/h5-10,12,14H,11,13,15H2,1-4H3. The molecule has 0 unspecified atom stereocenters. The van der Waals surface area contributed by atoms with Gasteiger partial charge in [-0.15, -0.1) is 10.2 Å². The molecule has 0 saturated carbocycles. The number of hydrogen-bond donors (Lipinski definition) is 0. The highest BCUT2D eigenvalue weighted by atomic mass is 32.1. The third-order valence-electron chi connectivity index (χ3n) is 5.94. The molecule has 5 rings (SSSR count). The van der Waals surface area contributed by atoms with Crippen LogP contribution in [0, 0.1) is 13.8 Å². The summed E-state index contributed by atoms with van der Waals surface area (Å²) in [5.41, 5.74) is 5.62. The van der Waals surface area contributed by atoms with Gasteiger partial charge in [-0.25, -0.2) is 4.68 Å². The van der Waals surface area contributed by atoms with Crippen molar-refractivity contribution >= 4 is 16.3 Å². The molecule has 34 heavy (non-hydrogen) atoms. The summed E-state index contributed by atoms with van der Waals surface area (Å²) in [6.07, 6.45) is 2.30. The molecule has 5 aromatic rings. The van der Waals surface area contributed by atoms with Crippen LogP contribution in [0.5, 0.6) is 11.5 Å². The maximum absolute atomic E-state index is 5.42. The highest BCUT2D eigenvalue weighted by molar-refractivity contribution is 7.16. The number of aromatic nitrogens is 6. The smallest absolute Gasteiger partial charge is 0.234 e. The maximum Gasteiger partial charge on any atom is 0.234 e. The molecule has 0 bridgehead atoms. The highest BCUT2D eigenvalue weighted by Gasteiger charge is 2.16. The molecule has 0 N–H and O–H groups in total. The van der Waals surface area contributed by atoms with Gasteiger partial charge >= 0.3 is 0 Å². The Bertz CT molecular complexity index is 1440. The van der Waals surface area contributed by atoms with Crippen LogP contribution >= 0.6 is 11.3 Å². The number of hydrogen-bond acceptors (Lipinski definition) is 7. The molecule has 0 radical (unpaired) electrons. The third-order valence-corrected chi connectivity index (χ3v) is 6.90. The SMILES string of the molecule is COc1ccc(Cc2nnc3sc(CCc4c(C)nn(-c5ccccc5)c4C)nn23)cc1OC. The Morgan fingerprint density at radius 2 is 1.68 bits per heavy atom. The Hall–Kier alpha value is -3.72. The molecule has 8 nitrogen and oxygen atoms in total. The predicted octanol–water partition coefficient (Wildman–Crippen LogP) is 4.38. The summed E-state index contributed by atoms with van der Waals surface area (Å²) in [5.74, 6) is 2.20. The van der Waals surface area contributed by atoms with Gasteiger partial charge in [-0.05, 0) is 55.7 Å². The molecule has 9 heteroatoms. The highest BCUT2D eigenvalue weighted by Crippen LogP contribution is 2.29. The fourth-order valence-corrected chi connectivity index (χ4v) is 5.02. The van der Waals surface area contributed by atoms with E-state index in [9.17, 15) is 0 Å². The van der Waals surface area contributed by atoms with Crippen LogP contribution in [0.25, 0.3) is 10.6 Å². The molecule has 0 fully saturated rings. The Balaban J connectivity index is 1.34. The lowest BCUT2D eigenvalue weighted by atomic mass is 10.1. The molecular weight excluding hydrogens is 448 g/mol. The average Bonchev–Trinajstić information content (AvgIpc) is 3.52. The van der Waals surface area contributed by atoms with Gasteiger partial charge in [-0.1, -0.05) is 35.6 Å². The number of benzene rings is 2. The minimum Gasteiger partial charge on any atom is -0.493 e. The van der Waals surface area contributed by atoms with Crippen LogP contribution in [-0.4, -0.2) is 43.8 Å². The second kappa shape index (κ2) is 9.26. The number of aryl methyl sites for hydroxylation is 2. The zero-order valence-corrected chi connectivity index (χ0v) is 20.5. The summed E-state index contributed by atoms with van der Waals surface area (Å²) in [4.78, 5) is 0.805. The Morgan fingerprint density at radius 3 is 2.44 bits per heavy atom. The molecule has 3 heterocycles. The Morgan fingerprint density at radius 1 is 0.882 bits per heavy atom. The van der Waals surface area contributed by atoms with Gasteiger partial charge in [-0.2, -0.15) is 14.7 Å². The van der Waals surface area contributed by atoms with Crippen molar-refractivity contribution < 1.29 is 9.47 Å². The van der Waals surface area contributed by atoms with Gasteiger partial charge in [0.1, 0.15) is 5.01 Å². The Labute approximate surface area is 201 Å². The molecule has 0 saturated heterocycles. The summed E-state index contributed by atoms with van der Waals surface area (Å²) in [6, 6.07) is 16.1. The molecule has 0 aliphatic rings. The number of para-hydroxylation sites is 1. The molecule has 0 spiro atoms. The van der Waals surface area contributed by atoms with E-state index in [2.05, 4.69) is 36.2 Å². The molecule has 0 amide bonds. The van der Waals surface area contributed by atoms with Crippen molar-refractivity contribution in [2.24, 2.45) is 0 Å².